The molecule has 3 rings (SSSR count). The summed E-state index contributed by atoms with van der Waals surface area (Å²) < 4.78 is 29.2. The van der Waals surface area contributed by atoms with Crippen LogP contribution in [0.2, 0.25) is 5.02 Å². The lowest BCUT2D eigenvalue weighted by Gasteiger charge is -2.30. The van der Waals surface area contributed by atoms with Gasteiger partial charge in [0.25, 0.3) is 15.9 Å². The van der Waals surface area contributed by atoms with Crippen molar-refractivity contribution in [2.45, 2.75) is 50.0 Å². The first-order valence-electron chi connectivity index (χ1n) is 8.74. The van der Waals surface area contributed by atoms with E-state index >= 15 is 0 Å². The largest absolute Gasteiger partial charge is 0.394 e. The highest BCUT2D eigenvalue weighted by molar-refractivity contribution is 7.90. The molecule has 0 aromatic heterocycles. The number of amidine groups is 1. The van der Waals surface area contributed by atoms with Crippen molar-refractivity contribution in [3.05, 3.63) is 22.7 Å². The number of hydrogen-bond acceptors (Lipinski definition) is 5. The number of sulfonamides is 1. The van der Waals surface area contributed by atoms with E-state index in [2.05, 4.69) is 9.71 Å². The lowest BCUT2D eigenvalue weighted by atomic mass is 10.1. The van der Waals surface area contributed by atoms with Crippen molar-refractivity contribution < 1.29 is 18.3 Å². The second-order valence-electron chi connectivity index (χ2n) is 6.51. The Labute approximate surface area is 158 Å². The van der Waals surface area contributed by atoms with Crippen molar-refractivity contribution >= 4 is 39.1 Å². The number of halogens is 1. The Hall–Kier alpha value is -1.64. The minimum absolute atomic E-state index is 0.00486. The van der Waals surface area contributed by atoms with Crippen molar-refractivity contribution in [1.82, 2.24) is 5.32 Å². The van der Waals surface area contributed by atoms with Crippen molar-refractivity contribution in [3.63, 3.8) is 0 Å². The standard InChI is InChI=1S/C17H22ClN3O4S/c1-2-11(10-22)19-17(23)12-8-15-14(9-13(12)18)21-7-5-3-4-6-16(21)20-26(15,24)25/h8-9,11,22H,2-7,10H2,1H3,(H,19,23)/t11-/m0/s1. The number of aliphatic hydroxyl groups excluding tert-OH is 1. The second-order valence-corrected chi connectivity index (χ2v) is 8.49. The van der Waals surface area contributed by atoms with Crippen molar-refractivity contribution in [2.75, 3.05) is 18.1 Å². The number of nitrogens with one attached hydrogen (secondary N) is 1. The Morgan fingerprint density at radius 1 is 1.38 bits per heavy atom. The van der Waals surface area contributed by atoms with Gasteiger partial charge >= 0.3 is 0 Å². The number of benzene rings is 1. The third kappa shape index (κ3) is 3.58. The van der Waals surface area contributed by atoms with Gasteiger partial charge in [0.1, 0.15) is 10.7 Å². The average Bonchev–Trinajstić information content (AvgIpc) is 2.83. The highest BCUT2D eigenvalue weighted by atomic mass is 35.5. The first-order chi connectivity index (χ1) is 12.4. The molecule has 1 saturated heterocycles. The molecule has 1 aromatic carbocycles. The number of amides is 1. The van der Waals surface area contributed by atoms with Gasteiger partial charge in [-0.1, -0.05) is 24.9 Å². The van der Waals surface area contributed by atoms with Crippen molar-refractivity contribution in [1.29, 1.82) is 0 Å². The quantitative estimate of drug-likeness (QED) is 0.809. The highest BCUT2D eigenvalue weighted by Gasteiger charge is 2.33. The zero-order valence-corrected chi connectivity index (χ0v) is 16.1. The maximum absolute atomic E-state index is 12.6. The number of nitrogens with zero attached hydrogens (tertiary/aromatic N) is 2. The first kappa shape index (κ1) is 19.1. The van der Waals surface area contributed by atoms with Gasteiger partial charge in [-0.3, -0.25) is 4.79 Å². The van der Waals surface area contributed by atoms with Gasteiger partial charge in [0.2, 0.25) is 0 Å². The predicted molar refractivity (Wildman–Crippen MR) is 101 cm³/mol. The molecular formula is C17H22ClN3O4S. The Morgan fingerprint density at radius 2 is 2.15 bits per heavy atom. The van der Waals surface area contributed by atoms with E-state index in [-0.39, 0.29) is 22.1 Å². The van der Waals surface area contributed by atoms with Gasteiger partial charge in [0, 0.05) is 13.0 Å². The summed E-state index contributed by atoms with van der Waals surface area (Å²) in [6.45, 7) is 2.30. The van der Waals surface area contributed by atoms with Gasteiger partial charge in [-0.05, 0) is 31.4 Å². The predicted octanol–water partition coefficient (Wildman–Crippen LogP) is 2.32. The van der Waals surface area contributed by atoms with Crippen LogP contribution >= 0.6 is 11.6 Å². The summed E-state index contributed by atoms with van der Waals surface area (Å²) in [5.41, 5.74) is 0.544. The normalized spacial score (nSPS) is 19.7. The lowest BCUT2D eigenvalue weighted by molar-refractivity contribution is 0.0915. The van der Waals surface area contributed by atoms with Crippen LogP contribution < -0.4 is 10.2 Å². The van der Waals surface area contributed by atoms with Crippen LogP contribution in [0.1, 0.15) is 49.4 Å². The number of aliphatic hydroxyl groups is 1. The van der Waals surface area contributed by atoms with Crippen LogP contribution in [0.3, 0.4) is 0 Å². The summed E-state index contributed by atoms with van der Waals surface area (Å²) in [6, 6.07) is 2.40. The summed E-state index contributed by atoms with van der Waals surface area (Å²) in [5.74, 6) is 0.0224. The van der Waals surface area contributed by atoms with E-state index in [0.29, 0.717) is 30.9 Å². The van der Waals surface area contributed by atoms with Crippen LogP contribution in [0.25, 0.3) is 0 Å². The van der Waals surface area contributed by atoms with Gasteiger partial charge in [0.05, 0.1) is 28.9 Å². The molecule has 0 unspecified atom stereocenters. The first-order valence-corrected chi connectivity index (χ1v) is 10.6. The van der Waals surface area contributed by atoms with Gasteiger partial charge in [-0.25, -0.2) is 0 Å². The van der Waals surface area contributed by atoms with Crippen LogP contribution in [0.4, 0.5) is 5.69 Å². The number of fused-ring (bicyclic) bond motifs is 3. The summed E-state index contributed by atoms with van der Waals surface area (Å²) >= 11 is 6.31. The second kappa shape index (κ2) is 7.54. The van der Waals surface area contributed by atoms with Crippen molar-refractivity contribution in [3.8, 4) is 0 Å². The zero-order valence-electron chi connectivity index (χ0n) is 14.5. The smallest absolute Gasteiger partial charge is 0.286 e. The summed E-state index contributed by atoms with van der Waals surface area (Å²) in [5, 5.41) is 12.1. The highest BCUT2D eigenvalue weighted by Crippen LogP contribution is 2.37. The molecule has 142 valence electrons. The van der Waals surface area contributed by atoms with E-state index in [1.807, 2.05) is 11.8 Å². The Morgan fingerprint density at radius 3 is 2.85 bits per heavy atom. The molecule has 1 aromatic rings. The maximum Gasteiger partial charge on any atom is 0.286 e. The summed E-state index contributed by atoms with van der Waals surface area (Å²) in [7, 11) is -3.88. The van der Waals surface area contributed by atoms with Gasteiger partial charge in [0.15, 0.2) is 0 Å². The Kier molecular flexibility index (Phi) is 5.55. The molecule has 1 fully saturated rings. The molecule has 2 aliphatic heterocycles. The Bertz CT molecular complexity index is 850. The molecule has 0 saturated carbocycles. The van der Waals surface area contributed by atoms with Crippen LogP contribution in [0.15, 0.2) is 21.4 Å². The lowest BCUT2D eigenvalue weighted by Crippen LogP contribution is -2.38. The summed E-state index contributed by atoms with van der Waals surface area (Å²) in [6.07, 6.45) is 4.00. The SMILES string of the molecule is CC[C@@H](CO)NC(=O)c1cc2c(cc1Cl)N1CCCCCC1=NS2(=O)=O. The molecular weight excluding hydrogens is 378 g/mol. The monoisotopic (exact) mass is 399 g/mol. The molecule has 1 amide bonds. The van der Waals surface area contributed by atoms with E-state index in [0.717, 1.165) is 19.3 Å². The van der Waals surface area contributed by atoms with E-state index in [1.165, 1.54) is 12.1 Å². The average molecular weight is 400 g/mol. The number of hydrogen-bond donors (Lipinski definition) is 2. The topological polar surface area (TPSA) is 99.1 Å². The third-order valence-corrected chi connectivity index (χ3v) is 6.38. The number of anilines is 1. The van der Waals surface area contributed by atoms with Crippen LogP contribution in [-0.2, 0) is 10.0 Å². The maximum atomic E-state index is 12.6. The Balaban J connectivity index is 2.04. The van der Waals surface area contributed by atoms with Gasteiger partial charge < -0.3 is 15.3 Å². The fourth-order valence-corrected chi connectivity index (χ4v) is 4.72. The van der Waals surface area contributed by atoms with Gasteiger partial charge in [-0.15, -0.1) is 4.40 Å². The van der Waals surface area contributed by atoms with Crippen LogP contribution in [-0.4, -0.2) is 44.5 Å². The van der Waals surface area contributed by atoms with Crippen LogP contribution in [0.5, 0.6) is 0 Å². The van der Waals surface area contributed by atoms with Gasteiger partial charge in [-0.2, -0.15) is 8.42 Å². The van der Waals surface area contributed by atoms with E-state index in [1.54, 1.807) is 0 Å². The molecule has 9 heteroatoms. The fourth-order valence-electron chi connectivity index (χ4n) is 3.21. The van der Waals surface area contributed by atoms with Crippen LogP contribution in [0, 0.1) is 0 Å². The molecule has 0 radical (unpaired) electrons. The molecule has 1 atom stereocenters. The molecule has 7 nitrogen and oxygen atoms in total. The van der Waals surface area contributed by atoms with Crippen molar-refractivity contribution in [2.24, 2.45) is 4.40 Å². The summed E-state index contributed by atoms with van der Waals surface area (Å²) in [4.78, 5) is 14.4. The zero-order chi connectivity index (χ0) is 18.9. The molecule has 2 N–H and O–H groups in total. The number of carbonyl (C=O) groups is 1. The number of carbonyl (C=O) groups excluding carboxylic acids is 1. The molecule has 0 spiro atoms. The third-order valence-electron chi connectivity index (χ3n) is 4.73. The molecule has 0 aliphatic carbocycles. The van der Waals surface area contributed by atoms with E-state index in [9.17, 15) is 18.3 Å². The van der Waals surface area contributed by atoms with E-state index < -0.39 is 22.0 Å². The molecule has 2 aliphatic rings. The minimum atomic E-state index is -3.88. The minimum Gasteiger partial charge on any atom is -0.394 e. The fraction of sp³-hybridized carbons (Fsp3) is 0.529. The number of rotatable bonds is 4. The molecule has 26 heavy (non-hydrogen) atoms. The molecule has 0 bridgehead atoms. The van der Waals surface area contributed by atoms with E-state index in [4.69, 9.17) is 11.6 Å². The molecule has 2 heterocycles.